The molecule has 1 aromatic carbocycles. The van der Waals surface area contributed by atoms with Crippen molar-refractivity contribution < 1.29 is 14.6 Å². The van der Waals surface area contributed by atoms with Gasteiger partial charge in [0.1, 0.15) is 0 Å². The van der Waals surface area contributed by atoms with E-state index in [1.54, 1.807) is 31.4 Å². The van der Waals surface area contributed by atoms with E-state index in [0.717, 1.165) is 6.61 Å². The summed E-state index contributed by atoms with van der Waals surface area (Å²) >= 11 is 0. The quantitative estimate of drug-likeness (QED) is 0.780. The first-order valence-electron chi connectivity index (χ1n) is 5.07. The summed E-state index contributed by atoms with van der Waals surface area (Å²) < 4.78 is 9.58. The molecule has 0 atom stereocenters. The number of aromatic hydroxyl groups is 1. The largest absolute Gasteiger partial charge is 0.504 e. The molecule has 86 valence electrons. The van der Waals surface area contributed by atoms with Crippen LogP contribution in [0.1, 0.15) is 19.8 Å². The minimum atomic E-state index is 0.181. The van der Waals surface area contributed by atoms with Gasteiger partial charge in [0.15, 0.2) is 11.5 Å². The van der Waals surface area contributed by atoms with Gasteiger partial charge in [-0.25, -0.2) is 0 Å². The molecule has 0 spiro atoms. The molecule has 0 unspecified atom stereocenters. The van der Waals surface area contributed by atoms with Crippen LogP contribution in [0.5, 0.6) is 11.5 Å². The summed E-state index contributed by atoms with van der Waals surface area (Å²) in [5, 5.41) is 8.99. The monoisotopic (exact) mass is 212 g/mol. The number of rotatable bonds is 4. The van der Waals surface area contributed by atoms with E-state index in [0.29, 0.717) is 5.75 Å². The summed E-state index contributed by atoms with van der Waals surface area (Å²) in [5.74, 6) is 0.692. The third-order valence-corrected chi connectivity index (χ3v) is 1.79. The Bertz CT molecular complexity index is 244. The number of hydrogen-bond donors (Lipinski definition) is 1. The normalized spacial score (nSPS) is 9.00. The minimum absolute atomic E-state index is 0.181. The molecule has 0 aromatic heterocycles. The Balaban J connectivity index is 0.000000288. The van der Waals surface area contributed by atoms with Crippen molar-refractivity contribution in [2.45, 2.75) is 19.8 Å². The summed E-state index contributed by atoms with van der Waals surface area (Å²) in [5.41, 5.74) is 0. The van der Waals surface area contributed by atoms with Crippen LogP contribution in [0.25, 0.3) is 0 Å². The van der Waals surface area contributed by atoms with E-state index in [2.05, 4.69) is 6.92 Å². The van der Waals surface area contributed by atoms with Crippen LogP contribution >= 0.6 is 0 Å². The maximum absolute atomic E-state index is 8.99. The van der Waals surface area contributed by atoms with E-state index in [1.165, 1.54) is 20.0 Å². The number of ether oxygens (including phenoxy) is 2. The van der Waals surface area contributed by atoms with Crippen molar-refractivity contribution in [1.82, 2.24) is 0 Å². The Labute approximate surface area is 91.6 Å². The zero-order valence-corrected chi connectivity index (χ0v) is 9.69. The average Bonchev–Trinajstić information content (AvgIpc) is 2.28. The molecule has 0 aliphatic carbocycles. The average molecular weight is 212 g/mol. The molecule has 0 saturated heterocycles. The topological polar surface area (TPSA) is 38.7 Å². The van der Waals surface area contributed by atoms with Gasteiger partial charge >= 0.3 is 0 Å². The first-order valence-corrected chi connectivity index (χ1v) is 5.07. The van der Waals surface area contributed by atoms with Crippen molar-refractivity contribution in [3.63, 3.8) is 0 Å². The zero-order valence-electron chi connectivity index (χ0n) is 9.69. The highest BCUT2D eigenvalue weighted by molar-refractivity contribution is 5.37. The third kappa shape index (κ3) is 6.80. The van der Waals surface area contributed by atoms with Gasteiger partial charge in [-0.05, 0) is 18.6 Å². The van der Waals surface area contributed by atoms with Crippen molar-refractivity contribution in [3.8, 4) is 11.5 Å². The third-order valence-electron chi connectivity index (χ3n) is 1.79. The standard InChI is InChI=1S/C7H8O2.C5H12O/c1-9-7-5-3-2-4-6(7)8;1-3-4-5-6-2/h2-5,8H,1H3;3-5H2,1-2H3. The Morgan fingerprint density at radius 1 is 1.20 bits per heavy atom. The van der Waals surface area contributed by atoms with Crippen molar-refractivity contribution in [3.05, 3.63) is 24.3 Å². The predicted octanol–water partition coefficient (Wildman–Crippen LogP) is 2.83. The molecule has 3 nitrogen and oxygen atoms in total. The second kappa shape index (κ2) is 9.34. The molecule has 0 aliphatic rings. The molecule has 0 radical (unpaired) electrons. The van der Waals surface area contributed by atoms with Crippen molar-refractivity contribution >= 4 is 0 Å². The Morgan fingerprint density at radius 3 is 2.20 bits per heavy atom. The molecule has 0 fully saturated rings. The molecule has 0 heterocycles. The number of benzene rings is 1. The lowest BCUT2D eigenvalue weighted by atomic mass is 10.3. The van der Waals surface area contributed by atoms with Crippen LogP contribution in [-0.4, -0.2) is 25.9 Å². The number of para-hydroxylation sites is 2. The van der Waals surface area contributed by atoms with Crippen LogP contribution < -0.4 is 4.74 Å². The molecule has 1 N–H and O–H groups in total. The lowest BCUT2D eigenvalue weighted by molar-refractivity contribution is 0.194. The first kappa shape index (κ1) is 13.8. The van der Waals surface area contributed by atoms with Crippen LogP contribution in [0, 0.1) is 0 Å². The highest BCUT2D eigenvalue weighted by atomic mass is 16.5. The number of phenolic OH excluding ortho intramolecular Hbond substituents is 1. The van der Waals surface area contributed by atoms with Crippen LogP contribution in [0.15, 0.2) is 24.3 Å². The van der Waals surface area contributed by atoms with E-state index < -0.39 is 0 Å². The van der Waals surface area contributed by atoms with Gasteiger partial charge < -0.3 is 14.6 Å². The highest BCUT2D eigenvalue weighted by Gasteiger charge is 1.94. The summed E-state index contributed by atoms with van der Waals surface area (Å²) in [6.45, 7) is 3.07. The maximum atomic E-state index is 8.99. The summed E-state index contributed by atoms with van der Waals surface area (Å²) in [6, 6.07) is 6.84. The van der Waals surface area contributed by atoms with Crippen LogP contribution in [0.3, 0.4) is 0 Å². The van der Waals surface area contributed by atoms with E-state index in [-0.39, 0.29) is 5.75 Å². The fourth-order valence-electron chi connectivity index (χ4n) is 0.918. The van der Waals surface area contributed by atoms with Crippen molar-refractivity contribution in [1.29, 1.82) is 0 Å². The van der Waals surface area contributed by atoms with Gasteiger partial charge in [0.2, 0.25) is 0 Å². The molecular weight excluding hydrogens is 192 g/mol. The predicted molar refractivity (Wildman–Crippen MR) is 61.4 cm³/mol. The number of unbranched alkanes of at least 4 members (excludes halogenated alkanes) is 1. The second-order valence-corrected chi connectivity index (χ2v) is 3.02. The molecular formula is C12H20O3. The zero-order chi connectivity index (χ0) is 11.5. The fraction of sp³-hybridized carbons (Fsp3) is 0.500. The Hall–Kier alpha value is -1.22. The Morgan fingerprint density at radius 2 is 1.87 bits per heavy atom. The number of hydrogen-bond acceptors (Lipinski definition) is 3. The maximum Gasteiger partial charge on any atom is 0.160 e. The van der Waals surface area contributed by atoms with E-state index in [4.69, 9.17) is 14.6 Å². The molecule has 15 heavy (non-hydrogen) atoms. The van der Waals surface area contributed by atoms with Crippen molar-refractivity contribution in [2.24, 2.45) is 0 Å². The van der Waals surface area contributed by atoms with Crippen LogP contribution in [-0.2, 0) is 4.74 Å². The highest BCUT2D eigenvalue weighted by Crippen LogP contribution is 2.22. The van der Waals surface area contributed by atoms with E-state index >= 15 is 0 Å². The smallest absolute Gasteiger partial charge is 0.160 e. The van der Waals surface area contributed by atoms with Gasteiger partial charge in [-0.3, -0.25) is 0 Å². The van der Waals surface area contributed by atoms with Gasteiger partial charge in [0.05, 0.1) is 7.11 Å². The van der Waals surface area contributed by atoms with Gasteiger partial charge in [-0.2, -0.15) is 0 Å². The molecule has 3 heteroatoms. The summed E-state index contributed by atoms with van der Waals surface area (Å²) in [7, 11) is 3.25. The molecule has 0 saturated carbocycles. The van der Waals surface area contributed by atoms with Gasteiger partial charge in [-0.1, -0.05) is 25.5 Å². The second-order valence-electron chi connectivity index (χ2n) is 3.02. The molecule has 1 aromatic rings. The van der Waals surface area contributed by atoms with Gasteiger partial charge in [-0.15, -0.1) is 0 Å². The number of methoxy groups -OCH3 is 2. The summed E-state index contributed by atoms with van der Waals surface area (Å²) in [4.78, 5) is 0. The van der Waals surface area contributed by atoms with Gasteiger partial charge in [0, 0.05) is 13.7 Å². The van der Waals surface area contributed by atoms with E-state index in [1.807, 2.05) is 0 Å². The van der Waals surface area contributed by atoms with Gasteiger partial charge in [0.25, 0.3) is 0 Å². The molecule has 0 bridgehead atoms. The number of phenols is 1. The summed E-state index contributed by atoms with van der Waals surface area (Å²) in [6.07, 6.45) is 2.42. The minimum Gasteiger partial charge on any atom is -0.504 e. The molecule has 1 rings (SSSR count). The first-order chi connectivity index (χ1) is 7.26. The van der Waals surface area contributed by atoms with Crippen LogP contribution in [0.2, 0.25) is 0 Å². The van der Waals surface area contributed by atoms with Crippen molar-refractivity contribution in [2.75, 3.05) is 20.8 Å². The lowest BCUT2D eigenvalue weighted by Crippen LogP contribution is -1.84. The SMILES string of the molecule is CCCCOC.COc1ccccc1O. The molecule has 0 aliphatic heterocycles. The molecule has 0 amide bonds. The van der Waals surface area contributed by atoms with E-state index in [9.17, 15) is 0 Å². The Kier molecular flexibility index (Phi) is 8.58. The fourth-order valence-corrected chi connectivity index (χ4v) is 0.918. The van der Waals surface area contributed by atoms with Crippen LogP contribution in [0.4, 0.5) is 0 Å². The lowest BCUT2D eigenvalue weighted by Gasteiger charge is -1.99.